The van der Waals surface area contributed by atoms with Gasteiger partial charge in [-0.2, -0.15) is 0 Å². The molecule has 0 saturated carbocycles. The van der Waals surface area contributed by atoms with Crippen LogP contribution in [0.4, 0.5) is 0 Å². The maximum absolute atomic E-state index is 12.0. The third-order valence-corrected chi connectivity index (χ3v) is 5.13. The fourth-order valence-corrected chi connectivity index (χ4v) is 3.24. The molecule has 0 bridgehead atoms. The second kappa shape index (κ2) is 14.6. The summed E-state index contributed by atoms with van der Waals surface area (Å²) in [6.45, 7) is 7.89. The number of nitrogens with zero attached hydrogens (tertiary/aromatic N) is 2. The molecule has 0 spiro atoms. The Balaban J connectivity index is 1.98. The molecule has 4 nitrogen and oxygen atoms in total. The van der Waals surface area contributed by atoms with E-state index in [9.17, 15) is 4.79 Å². The molecule has 0 aliphatic carbocycles. The fourth-order valence-electron chi connectivity index (χ4n) is 3.24. The molecule has 0 unspecified atom stereocenters. The highest BCUT2D eigenvalue weighted by Gasteiger charge is 2.11. The highest BCUT2D eigenvalue weighted by atomic mass is 16.5. The molecule has 4 heteroatoms. The molecule has 0 atom stereocenters. The third-order valence-electron chi connectivity index (χ3n) is 5.13. The Hall–Kier alpha value is -1.45. The Morgan fingerprint density at radius 1 is 0.667 bits per heavy atom. The van der Waals surface area contributed by atoms with E-state index >= 15 is 0 Å². The molecule has 1 aromatic rings. The van der Waals surface area contributed by atoms with Gasteiger partial charge in [0.05, 0.1) is 11.4 Å². The van der Waals surface area contributed by atoms with Crippen LogP contribution in [0.3, 0.4) is 0 Å². The van der Waals surface area contributed by atoms with Crippen LogP contribution in [0.1, 0.15) is 114 Å². The molecular weight excluding hydrogens is 336 g/mol. The summed E-state index contributed by atoms with van der Waals surface area (Å²) in [5, 5.41) is 0. The minimum atomic E-state index is -0.196. The van der Waals surface area contributed by atoms with Crippen LogP contribution in [-0.4, -0.2) is 15.9 Å². The molecule has 1 aromatic heterocycles. The van der Waals surface area contributed by atoms with E-state index < -0.39 is 0 Å². The minimum Gasteiger partial charge on any atom is -0.405 e. The van der Waals surface area contributed by atoms with Crippen molar-refractivity contribution in [2.75, 3.05) is 0 Å². The van der Waals surface area contributed by atoms with Crippen LogP contribution in [0.5, 0.6) is 5.88 Å². The second-order valence-corrected chi connectivity index (χ2v) is 7.75. The van der Waals surface area contributed by atoms with Crippen molar-refractivity contribution in [2.45, 2.75) is 118 Å². The topological polar surface area (TPSA) is 52.1 Å². The summed E-state index contributed by atoms with van der Waals surface area (Å²) in [6.07, 6.45) is 17.4. The third kappa shape index (κ3) is 11.1. The van der Waals surface area contributed by atoms with Crippen LogP contribution >= 0.6 is 0 Å². The van der Waals surface area contributed by atoms with Gasteiger partial charge in [0.25, 0.3) is 0 Å². The van der Waals surface area contributed by atoms with E-state index in [0.29, 0.717) is 18.0 Å². The van der Waals surface area contributed by atoms with Gasteiger partial charge in [-0.25, -0.2) is 4.98 Å². The Morgan fingerprint density at radius 3 is 1.63 bits per heavy atom. The molecule has 0 saturated heterocycles. The molecule has 0 aliphatic rings. The van der Waals surface area contributed by atoms with Crippen molar-refractivity contribution in [3.8, 4) is 5.88 Å². The number of carbonyl (C=O) groups excluding carboxylic acids is 1. The fraction of sp³-hybridized carbons (Fsp3) is 0.783. The highest BCUT2D eigenvalue weighted by molar-refractivity contribution is 5.72. The van der Waals surface area contributed by atoms with E-state index in [2.05, 4.69) is 16.9 Å². The van der Waals surface area contributed by atoms with Crippen molar-refractivity contribution in [2.24, 2.45) is 0 Å². The van der Waals surface area contributed by atoms with Gasteiger partial charge in [-0.05, 0) is 27.2 Å². The van der Waals surface area contributed by atoms with E-state index in [0.717, 1.165) is 24.2 Å². The first kappa shape index (κ1) is 23.6. The van der Waals surface area contributed by atoms with Crippen LogP contribution in [0, 0.1) is 20.8 Å². The number of carbonyl (C=O) groups is 1. The van der Waals surface area contributed by atoms with E-state index in [1.165, 1.54) is 70.6 Å². The molecule has 0 aliphatic heterocycles. The number of ether oxygens (including phenoxy) is 1. The summed E-state index contributed by atoms with van der Waals surface area (Å²) in [4.78, 5) is 20.6. The summed E-state index contributed by atoms with van der Waals surface area (Å²) < 4.78 is 5.38. The Bertz CT molecular complexity index is 543. The molecule has 154 valence electrons. The normalized spacial score (nSPS) is 11.0. The molecule has 0 aromatic carbocycles. The zero-order valence-electron chi connectivity index (χ0n) is 18.1. The van der Waals surface area contributed by atoms with Crippen LogP contribution in [-0.2, 0) is 4.79 Å². The Labute approximate surface area is 166 Å². The molecular formula is C23H40N2O2. The lowest BCUT2D eigenvalue weighted by Crippen LogP contribution is -2.11. The van der Waals surface area contributed by atoms with Crippen molar-refractivity contribution in [3.05, 3.63) is 17.1 Å². The maximum atomic E-state index is 12.0. The van der Waals surface area contributed by atoms with Gasteiger partial charge in [0.1, 0.15) is 5.69 Å². The Morgan fingerprint density at radius 2 is 1.11 bits per heavy atom. The van der Waals surface area contributed by atoms with Gasteiger partial charge >= 0.3 is 5.97 Å². The first-order valence-corrected chi connectivity index (χ1v) is 11.1. The minimum absolute atomic E-state index is 0.196. The zero-order chi connectivity index (χ0) is 19.9. The number of hydrogen-bond donors (Lipinski definition) is 0. The summed E-state index contributed by atoms with van der Waals surface area (Å²) >= 11 is 0. The van der Waals surface area contributed by atoms with Gasteiger partial charge in [-0.15, -0.1) is 0 Å². The molecule has 27 heavy (non-hydrogen) atoms. The van der Waals surface area contributed by atoms with Crippen LogP contribution in [0.25, 0.3) is 0 Å². The van der Waals surface area contributed by atoms with Gasteiger partial charge in [0, 0.05) is 6.42 Å². The first-order valence-electron chi connectivity index (χ1n) is 11.1. The summed E-state index contributed by atoms with van der Waals surface area (Å²) in [5.41, 5.74) is 2.37. The molecule has 0 radical (unpaired) electrons. The van der Waals surface area contributed by atoms with Crippen molar-refractivity contribution < 1.29 is 9.53 Å². The van der Waals surface area contributed by atoms with Crippen molar-refractivity contribution in [1.82, 2.24) is 9.97 Å². The van der Waals surface area contributed by atoms with Crippen LogP contribution in [0.2, 0.25) is 0 Å². The van der Waals surface area contributed by atoms with Crippen molar-refractivity contribution in [3.63, 3.8) is 0 Å². The largest absolute Gasteiger partial charge is 0.405 e. The predicted molar refractivity (Wildman–Crippen MR) is 112 cm³/mol. The number of unbranched alkanes of at least 4 members (excludes halogenated alkanes) is 12. The van der Waals surface area contributed by atoms with E-state index in [1.807, 2.05) is 20.8 Å². The number of rotatable bonds is 15. The van der Waals surface area contributed by atoms with E-state index in [1.54, 1.807) is 0 Å². The number of esters is 1. The summed E-state index contributed by atoms with van der Waals surface area (Å²) in [7, 11) is 0. The van der Waals surface area contributed by atoms with Crippen LogP contribution in [0.15, 0.2) is 0 Å². The predicted octanol–water partition coefficient (Wildman–Crippen LogP) is 6.79. The van der Waals surface area contributed by atoms with Crippen molar-refractivity contribution >= 4 is 5.97 Å². The smallest absolute Gasteiger partial charge is 0.312 e. The maximum Gasteiger partial charge on any atom is 0.312 e. The Kier molecular flexibility index (Phi) is 12.7. The molecule has 0 N–H and O–H groups in total. The van der Waals surface area contributed by atoms with E-state index in [-0.39, 0.29) is 5.97 Å². The van der Waals surface area contributed by atoms with Crippen molar-refractivity contribution in [1.29, 1.82) is 0 Å². The quantitative estimate of drug-likeness (QED) is 0.250. The van der Waals surface area contributed by atoms with Gasteiger partial charge < -0.3 is 4.74 Å². The highest BCUT2D eigenvalue weighted by Crippen LogP contribution is 2.16. The first-order chi connectivity index (χ1) is 13.0. The molecule has 1 heterocycles. The average molecular weight is 377 g/mol. The SMILES string of the molecule is CCCCCCCCCCCCCCCC(=O)Oc1nc(C)c(C)nc1C. The zero-order valence-corrected chi connectivity index (χ0v) is 18.1. The molecule has 0 fully saturated rings. The monoisotopic (exact) mass is 376 g/mol. The lowest BCUT2D eigenvalue weighted by Gasteiger charge is -2.08. The lowest BCUT2D eigenvalue weighted by molar-refractivity contribution is -0.134. The van der Waals surface area contributed by atoms with E-state index in [4.69, 9.17) is 4.74 Å². The van der Waals surface area contributed by atoms with Gasteiger partial charge in [-0.3, -0.25) is 9.78 Å². The number of aromatic nitrogens is 2. The number of aryl methyl sites for hydroxylation is 3. The molecule has 1 rings (SSSR count). The van der Waals surface area contributed by atoms with Gasteiger partial charge in [0.15, 0.2) is 0 Å². The summed E-state index contributed by atoms with van der Waals surface area (Å²) in [6, 6.07) is 0. The van der Waals surface area contributed by atoms with Gasteiger partial charge in [-0.1, -0.05) is 84.0 Å². The second-order valence-electron chi connectivity index (χ2n) is 7.75. The molecule has 0 amide bonds. The average Bonchev–Trinajstić information content (AvgIpc) is 2.63. The summed E-state index contributed by atoms with van der Waals surface area (Å²) in [5.74, 6) is 0.163. The van der Waals surface area contributed by atoms with Crippen LogP contribution < -0.4 is 4.74 Å². The standard InChI is InChI=1S/C23H40N2O2/c1-5-6-7-8-9-10-11-12-13-14-15-16-17-18-22(26)27-23-21(4)24-19(2)20(3)25-23/h5-18H2,1-4H3. The lowest BCUT2D eigenvalue weighted by atomic mass is 10.0. The van der Waals surface area contributed by atoms with Gasteiger partial charge in [0.2, 0.25) is 5.88 Å². The number of hydrogen-bond acceptors (Lipinski definition) is 4.